The van der Waals surface area contributed by atoms with E-state index < -0.39 is 0 Å². The van der Waals surface area contributed by atoms with Crippen LogP contribution in [-0.2, 0) is 11.2 Å². The molecule has 0 fully saturated rings. The van der Waals surface area contributed by atoms with Crippen molar-refractivity contribution in [3.05, 3.63) is 29.3 Å². The summed E-state index contributed by atoms with van der Waals surface area (Å²) in [4.78, 5) is 11.2. The fraction of sp³-hybridized carbons (Fsp3) is 0.250. The smallest absolute Gasteiger partial charge is 0.224 e. The molecule has 0 aliphatic carbocycles. The van der Waals surface area contributed by atoms with Gasteiger partial charge in [0.25, 0.3) is 0 Å². The molecule has 2 rings (SSSR count). The van der Waals surface area contributed by atoms with E-state index in [1.54, 1.807) is 0 Å². The maximum absolute atomic E-state index is 11.2. The van der Waals surface area contributed by atoms with Gasteiger partial charge in [0.1, 0.15) is 6.61 Å². The summed E-state index contributed by atoms with van der Waals surface area (Å²) in [5, 5.41) is 11.4. The Kier molecular flexibility index (Phi) is 2.70. The van der Waals surface area contributed by atoms with E-state index in [1.165, 1.54) is 0 Å². The van der Waals surface area contributed by atoms with Crippen molar-refractivity contribution < 1.29 is 9.90 Å². The zero-order valence-electron chi connectivity index (χ0n) is 8.21. The van der Waals surface area contributed by atoms with Crippen molar-refractivity contribution in [2.75, 3.05) is 11.9 Å². The number of nitrogens with one attached hydrogen (secondary N) is 1. The lowest BCUT2D eigenvalue weighted by molar-refractivity contribution is -0.116. The monoisotopic (exact) mass is 201 g/mol. The first kappa shape index (κ1) is 9.75. The van der Waals surface area contributed by atoms with Crippen LogP contribution in [-0.4, -0.2) is 17.6 Å². The molecule has 0 saturated heterocycles. The highest BCUT2D eigenvalue weighted by molar-refractivity contribution is 5.94. The first-order valence-electron chi connectivity index (χ1n) is 4.82. The summed E-state index contributed by atoms with van der Waals surface area (Å²) in [5.41, 5.74) is 2.80. The predicted molar refractivity (Wildman–Crippen MR) is 57.4 cm³/mol. The Morgan fingerprint density at radius 3 is 3.07 bits per heavy atom. The molecule has 0 unspecified atom stereocenters. The highest BCUT2D eigenvalue weighted by Crippen LogP contribution is 2.23. The summed E-state index contributed by atoms with van der Waals surface area (Å²) < 4.78 is 0. The Labute approximate surface area is 88.1 Å². The van der Waals surface area contributed by atoms with Crippen molar-refractivity contribution in [2.24, 2.45) is 0 Å². The Morgan fingerprint density at radius 1 is 1.40 bits per heavy atom. The van der Waals surface area contributed by atoms with Gasteiger partial charge in [-0.2, -0.15) is 0 Å². The zero-order chi connectivity index (χ0) is 10.7. The molecule has 76 valence electrons. The number of hydrogen-bond acceptors (Lipinski definition) is 2. The quantitative estimate of drug-likeness (QED) is 0.613. The van der Waals surface area contributed by atoms with Gasteiger partial charge in [-0.3, -0.25) is 4.79 Å². The minimum absolute atomic E-state index is 0.0507. The number of hydrogen-bond donors (Lipinski definition) is 2. The van der Waals surface area contributed by atoms with Crippen molar-refractivity contribution in [2.45, 2.75) is 12.8 Å². The van der Waals surface area contributed by atoms with E-state index in [0.717, 1.165) is 23.2 Å². The van der Waals surface area contributed by atoms with Crippen LogP contribution in [0, 0.1) is 11.8 Å². The minimum atomic E-state index is -0.149. The Balaban J connectivity index is 2.32. The molecule has 2 N–H and O–H groups in total. The summed E-state index contributed by atoms with van der Waals surface area (Å²) in [6.45, 7) is -0.149. The maximum Gasteiger partial charge on any atom is 0.224 e. The number of aryl methyl sites for hydroxylation is 1. The van der Waals surface area contributed by atoms with Crippen molar-refractivity contribution in [3.8, 4) is 11.8 Å². The Morgan fingerprint density at radius 2 is 2.27 bits per heavy atom. The molecule has 1 amide bonds. The van der Waals surface area contributed by atoms with Crippen molar-refractivity contribution in [3.63, 3.8) is 0 Å². The third kappa shape index (κ3) is 2.17. The Hall–Kier alpha value is -1.79. The highest BCUT2D eigenvalue weighted by atomic mass is 16.2. The number of rotatable bonds is 0. The molecule has 0 aromatic heterocycles. The number of amides is 1. The molecule has 0 atom stereocenters. The van der Waals surface area contributed by atoms with Crippen molar-refractivity contribution in [1.29, 1.82) is 0 Å². The fourth-order valence-corrected chi connectivity index (χ4v) is 1.59. The van der Waals surface area contributed by atoms with Crippen LogP contribution in [0.3, 0.4) is 0 Å². The van der Waals surface area contributed by atoms with E-state index in [9.17, 15) is 4.79 Å². The lowest BCUT2D eigenvalue weighted by Gasteiger charge is -2.16. The second-order valence-electron chi connectivity index (χ2n) is 3.38. The van der Waals surface area contributed by atoms with Crippen molar-refractivity contribution in [1.82, 2.24) is 0 Å². The fourth-order valence-electron chi connectivity index (χ4n) is 1.59. The van der Waals surface area contributed by atoms with E-state index in [1.807, 2.05) is 18.2 Å². The number of benzene rings is 1. The molecule has 15 heavy (non-hydrogen) atoms. The minimum Gasteiger partial charge on any atom is -0.384 e. The highest BCUT2D eigenvalue weighted by Gasteiger charge is 2.13. The number of aliphatic hydroxyl groups excluding tert-OH is 1. The van der Waals surface area contributed by atoms with E-state index >= 15 is 0 Å². The largest absolute Gasteiger partial charge is 0.384 e. The molecule has 1 aliphatic heterocycles. The molecular weight excluding hydrogens is 190 g/mol. The topological polar surface area (TPSA) is 49.3 Å². The molecule has 1 aromatic rings. The molecule has 3 heteroatoms. The second kappa shape index (κ2) is 4.16. The van der Waals surface area contributed by atoms with Gasteiger partial charge in [0.15, 0.2) is 0 Å². The molecule has 0 bridgehead atoms. The molecule has 1 heterocycles. The number of fused-ring (bicyclic) bond motifs is 1. The van der Waals surface area contributed by atoms with Gasteiger partial charge in [0.2, 0.25) is 5.91 Å². The first-order chi connectivity index (χ1) is 7.29. The number of aliphatic hydroxyl groups is 1. The second-order valence-corrected chi connectivity index (χ2v) is 3.38. The predicted octanol–water partition coefficient (Wildman–Crippen LogP) is 0.915. The van der Waals surface area contributed by atoms with E-state index in [2.05, 4.69) is 17.2 Å². The van der Waals surface area contributed by atoms with Gasteiger partial charge in [0.05, 0.1) is 0 Å². The third-order valence-corrected chi connectivity index (χ3v) is 2.32. The van der Waals surface area contributed by atoms with Crippen LogP contribution in [0.25, 0.3) is 0 Å². The van der Waals surface area contributed by atoms with Gasteiger partial charge in [-0.15, -0.1) is 0 Å². The first-order valence-corrected chi connectivity index (χ1v) is 4.82. The van der Waals surface area contributed by atoms with Crippen LogP contribution in [0.4, 0.5) is 5.69 Å². The molecule has 0 saturated carbocycles. The van der Waals surface area contributed by atoms with Crippen LogP contribution in [0.1, 0.15) is 17.5 Å². The van der Waals surface area contributed by atoms with Gasteiger partial charge in [0, 0.05) is 17.7 Å². The van der Waals surface area contributed by atoms with Crippen LogP contribution in [0.5, 0.6) is 0 Å². The Bertz CT molecular complexity index is 454. The van der Waals surface area contributed by atoms with Crippen LogP contribution < -0.4 is 5.32 Å². The van der Waals surface area contributed by atoms with Gasteiger partial charge in [-0.25, -0.2) is 0 Å². The molecule has 0 radical (unpaired) electrons. The van der Waals surface area contributed by atoms with Crippen LogP contribution in [0.2, 0.25) is 0 Å². The lowest BCUT2D eigenvalue weighted by atomic mass is 10.0. The average Bonchev–Trinajstić information content (AvgIpc) is 2.25. The average molecular weight is 201 g/mol. The standard InChI is InChI=1S/C12H11NO2/c14-7-1-2-9-3-4-10-5-6-12(15)13-11(10)8-9/h3-4,8,14H,5-7H2,(H,13,15). The van der Waals surface area contributed by atoms with E-state index in [4.69, 9.17) is 5.11 Å². The summed E-state index contributed by atoms with van der Waals surface area (Å²) >= 11 is 0. The summed E-state index contributed by atoms with van der Waals surface area (Å²) in [5.74, 6) is 5.43. The number of carbonyl (C=O) groups is 1. The molecule has 1 aromatic carbocycles. The van der Waals surface area contributed by atoms with Crippen LogP contribution in [0.15, 0.2) is 18.2 Å². The third-order valence-electron chi connectivity index (χ3n) is 2.32. The normalized spacial score (nSPS) is 13.5. The molecule has 1 aliphatic rings. The van der Waals surface area contributed by atoms with Crippen LogP contribution >= 0.6 is 0 Å². The van der Waals surface area contributed by atoms with Gasteiger partial charge in [-0.1, -0.05) is 17.9 Å². The summed E-state index contributed by atoms with van der Waals surface area (Å²) in [6, 6.07) is 5.71. The molecule has 0 spiro atoms. The number of carbonyl (C=O) groups excluding carboxylic acids is 1. The SMILES string of the molecule is O=C1CCc2ccc(C#CCO)cc2N1. The number of anilines is 1. The summed E-state index contributed by atoms with van der Waals surface area (Å²) in [7, 11) is 0. The van der Waals surface area contributed by atoms with Gasteiger partial charge >= 0.3 is 0 Å². The van der Waals surface area contributed by atoms with Gasteiger partial charge < -0.3 is 10.4 Å². The zero-order valence-corrected chi connectivity index (χ0v) is 8.21. The lowest BCUT2D eigenvalue weighted by Crippen LogP contribution is -2.18. The molecule has 3 nitrogen and oxygen atoms in total. The van der Waals surface area contributed by atoms with E-state index in [-0.39, 0.29) is 12.5 Å². The van der Waals surface area contributed by atoms with Crippen molar-refractivity contribution >= 4 is 11.6 Å². The molecular formula is C12H11NO2. The van der Waals surface area contributed by atoms with Gasteiger partial charge in [-0.05, 0) is 24.1 Å². The summed E-state index contributed by atoms with van der Waals surface area (Å²) in [6.07, 6.45) is 1.34. The maximum atomic E-state index is 11.2. The van der Waals surface area contributed by atoms with E-state index in [0.29, 0.717) is 6.42 Å².